The zero-order valence-corrected chi connectivity index (χ0v) is 18.2. The van der Waals surface area contributed by atoms with E-state index in [0.717, 1.165) is 22.6 Å². The van der Waals surface area contributed by atoms with Gasteiger partial charge in [-0.1, -0.05) is 48.5 Å². The number of amides is 2. The van der Waals surface area contributed by atoms with Crippen LogP contribution >= 0.6 is 11.3 Å². The van der Waals surface area contributed by atoms with Gasteiger partial charge in [0.1, 0.15) is 5.82 Å². The summed E-state index contributed by atoms with van der Waals surface area (Å²) in [6, 6.07) is 21.2. The molecule has 1 unspecified atom stereocenters. The molecule has 5 rings (SSSR count). The zero-order chi connectivity index (χ0) is 22.1. The largest absolute Gasteiger partial charge is 0.312 e. The summed E-state index contributed by atoms with van der Waals surface area (Å²) in [7, 11) is 0. The number of aryl methyl sites for hydroxylation is 1. The number of aromatic nitrogens is 3. The highest BCUT2D eigenvalue weighted by molar-refractivity contribution is 7.12. The Morgan fingerprint density at radius 1 is 1.09 bits per heavy atom. The second kappa shape index (κ2) is 8.39. The van der Waals surface area contributed by atoms with Crippen LogP contribution < -0.4 is 10.2 Å². The topological polar surface area (TPSA) is 80.1 Å². The maximum atomic E-state index is 13.0. The van der Waals surface area contributed by atoms with E-state index >= 15 is 0 Å². The van der Waals surface area contributed by atoms with Gasteiger partial charge < -0.3 is 10.2 Å². The third-order valence-corrected chi connectivity index (χ3v) is 6.21. The number of nitrogens with zero attached hydrogens (tertiary/aromatic N) is 4. The minimum atomic E-state index is -0.428. The van der Waals surface area contributed by atoms with Gasteiger partial charge in [0.05, 0.1) is 17.3 Å². The smallest absolute Gasteiger partial charge is 0.230 e. The van der Waals surface area contributed by atoms with E-state index in [-0.39, 0.29) is 18.2 Å². The molecule has 2 aromatic carbocycles. The lowest BCUT2D eigenvalue weighted by Crippen LogP contribution is -2.28. The maximum absolute atomic E-state index is 13.0. The highest BCUT2D eigenvalue weighted by Crippen LogP contribution is 2.28. The fourth-order valence-corrected chi connectivity index (χ4v) is 4.60. The highest BCUT2D eigenvalue weighted by Gasteiger charge is 2.35. The van der Waals surface area contributed by atoms with Crippen molar-refractivity contribution in [3.63, 3.8) is 0 Å². The van der Waals surface area contributed by atoms with Gasteiger partial charge in [-0.05, 0) is 19.1 Å². The van der Waals surface area contributed by atoms with E-state index < -0.39 is 5.92 Å². The summed E-state index contributed by atoms with van der Waals surface area (Å²) < 4.78 is 1.65. The van der Waals surface area contributed by atoms with Crippen LogP contribution in [-0.4, -0.2) is 33.1 Å². The Morgan fingerprint density at radius 2 is 1.81 bits per heavy atom. The number of hydrogen-bond acceptors (Lipinski definition) is 5. The van der Waals surface area contributed by atoms with E-state index in [4.69, 9.17) is 4.98 Å². The molecule has 1 aliphatic heterocycles. The minimum Gasteiger partial charge on any atom is -0.312 e. The summed E-state index contributed by atoms with van der Waals surface area (Å²) in [4.78, 5) is 31.9. The van der Waals surface area contributed by atoms with Crippen LogP contribution in [0.1, 0.15) is 12.1 Å². The molecule has 0 aliphatic carbocycles. The number of benzene rings is 2. The molecule has 8 heteroatoms. The Hall–Kier alpha value is -3.78. The lowest BCUT2D eigenvalue weighted by Gasteiger charge is -2.16. The normalized spacial score (nSPS) is 15.8. The van der Waals surface area contributed by atoms with Crippen LogP contribution in [-0.2, 0) is 9.59 Å². The lowest BCUT2D eigenvalue weighted by molar-refractivity contribution is -0.122. The molecule has 1 aliphatic rings. The molecular weight excluding hydrogens is 422 g/mol. The van der Waals surface area contributed by atoms with Crippen LogP contribution in [0.4, 0.5) is 11.5 Å². The van der Waals surface area contributed by atoms with Crippen molar-refractivity contribution in [1.29, 1.82) is 0 Å². The van der Waals surface area contributed by atoms with Gasteiger partial charge in [-0.15, -0.1) is 11.3 Å². The van der Waals surface area contributed by atoms with Crippen LogP contribution in [0.5, 0.6) is 0 Å². The van der Waals surface area contributed by atoms with Gasteiger partial charge in [0.15, 0.2) is 0 Å². The van der Waals surface area contributed by atoms with Gasteiger partial charge in [0, 0.05) is 35.7 Å². The number of hydrogen-bond donors (Lipinski definition) is 1. The van der Waals surface area contributed by atoms with E-state index in [2.05, 4.69) is 10.4 Å². The van der Waals surface area contributed by atoms with E-state index in [9.17, 15) is 9.59 Å². The third kappa shape index (κ3) is 3.92. The number of para-hydroxylation sites is 1. The Balaban J connectivity index is 1.34. The quantitative estimate of drug-likeness (QED) is 0.499. The van der Waals surface area contributed by atoms with Gasteiger partial charge in [-0.2, -0.15) is 9.78 Å². The first kappa shape index (κ1) is 20.1. The first-order valence-corrected chi connectivity index (χ1v) is 11.2. The minimum absolute atomic E-state index is 0.0477. The molecule has 2 aromatic heterocycles. The van der Waals surface area contributed by atoms with Gasteiger partial charge in [-0.3, -0.25) is 9.59 Å². The Kier molecular flexibility index (Phi) is 5.28. The molecule has 1 fully saturated rings. The SMILES string of the molecule is Cc1cc(NC(=O)C2CC(=O)N(c3ccccc3)C2)n(-c2nc(-c3ccccc3)cs2)n1. The average Bonchev–Trinajstić information content (AvgIpc) is 3.53. The van der Waals surface area contributed by atoms with E-state index in [0.29, 0.717) is 17.5 Å². The van der Waals surface area contributed by atoms with E-state index in [1.54, 1.807) is 9.58 Å². The third-order valence-electron chi connectivity index (χ3n) is 5.39. The molecular formula is C24H21N5O2S. The van der Waals surface area contributed by atoms with Crippen molar-refractivity contribution in [1.82, 2.24) is 14.8 Å². The van der Waals surface area contributed by atoms with Gasteiger partial charge in [0.25, 0.3) is 0 Å². The van der Waals surface area contributed by atoms with E-state index in [1.807, 2.05) is 79.0 Å². The summed E-state index contributed by atoms with van der Waals surface area (Å²) in [5.74, 6) is -0.124. The fourth-order valence-electron chi connectivity index (χ4n) is 3.81. The van der Waals surface area contributed by atoms with Crippen molar-refractivity contribution >= 4 is 34.7 Å². The maximum Gasteiger partial charge on any atom is 0.230 e. The van der Waals surface area contributed by atoms with Crippen molar-refractivity contribution in [2.45, 2.75) is 13.3 Å². The summed E-state index contributed by atoms with van der Waals surface area (Å²) in [5.41, 5.74) is 3.46. The van der Waals surface area contributed by atoms with Gasteiger partial charge in [0.2, 0.25) is 16.9 Å². The molecule has 0 radical (unpaired) electrons. The van der Waals surface area contributed by atoms with Crippen LogP contribution in [0.3, 0.4) is 0 Å². The number of nitrogens with one attached hydrogen (secondary N) is 1. The molecule has 160 valence electrons. The predicted molar refractivity (Wildman–Crippen MR) is 125 cm³/mol. The molecule has 32 heavy (non-hydrogen) atoms. The number of rotatable bonds is 5. The number of carbonyl (C=O) groups is 2. The molecule has 7 nitrogen and oxygen atoms in total. The first-order chi connectivity index (χ1) is 15.6. The second-order valence-electron chi connectivity index (χ2n) is 7.69. The molecule has 0 bridgehead atoms. The molecule has 0 saturated carbocycles. The standard InChI is InChI=1S/C24H21N5O2S/c1-16-12-21(29(27-16)24-25-20(15-32-24)17-8-4-2-5-9-17)26-23(31)18-13-22(30)28(14-18)19-10-6-3-7-11-19/h2-12,15,18H,13-14H2,1H3,(H,26,31). The molecule has 3 heterocycles. The number of anilines is 2. The van der Waals surface area contributed by atoms with Gasteiger partial charge >= 0.3 is 0 Å². The Labute approximate surface area is 189 Å². The Morgan fingerprint density at radius 3 is 2.56 bits per heavy atom. The van der Waals surface area contributed by atoms with Crippen molar-refractivity contribution in [2.24, 2.45) is 5.92 Å². The highest BCUT2D eigenvalue weighted by atomic mass is 32.1. The van der Waals surface area contributed by atoms with Crippen molar-refractivity contribution in [3.8, 4) is 16.4 Å². The van der Waals surface area contributed by atoms with Crippen molar-refractivity contribution < 1.29 is 9.59 Å². The first-order valence-electron chi connectivity index (χ1n) is 10.3. The number of thiazole rings is 1. The summed E-state index contributed by atoms with van der Waals surface area (Å²) in [6.45, 7) is 2.23. The Bertz CT molecular complexity index is 1270. The predicted octanol–water partition coefficient (Wildman–Crippen LogP) is 4.30. The summed E-state index contributed by atoms with van der Waals surface area (Å²) in [6.07, 6.45) is 0.184. The van der Waals surface area contributed by atoms with Crippen LogP contribution in [0.25, 0.3) is 16.4 Å². The second-order valence-corrected chi connectivity index (χ2v) is 8.53. The van der Waals surface area contributed by atoms with Crippen molar-refractivity contribution in [2.75, 3.05) is 16.8 Å². The van der Waals surface area contributed by atoms with Crippen molar-refractivity contribution in [3.05, 3.63) is 77.8 Å². The van der Waals surface area contributed by atoms with Crippen LogP contribution in [0, 0.1) is 12.8 Å². The molecule has 1 N–H and O–H groups in total. The summed E-state index contributed by atoms with van der Waals surface area (Å²) >= 11 is 1.46. The fraction of sp³-hybridized carbons (Fsp3) is 0.167. The van der Waals surface area contributed by atoms with Crippen LogP contribution in [0.15, 0.2) is 72.1 Å². The summed E-state index contributed by atoms with van der Waals surface area (Å²) in [5, 5.41) is 10.1. The van der Waals surface area contributed by atoms with Gasteiger partial charge in [-0.25, -0.2) is 4.98 Å². The molecule has 0 spiro atoms. The lowest BCUT2D eigenvalue weighted by atomic mass is 10.1. The van der Waals surface area contributed by atoms with Crippen LogP contribution in [0.2, 0.25) is 0 Å². The average molecular weight is 444 g/mol. The molecule has 4 aromatic rings. The molecule has 2 amide bonds. The monoisotopic (exact) mass is 443 g/mol. The zero-order valence-electron chi connectivity index (χ0n) is 17.4. The molecule has 1 atom stereocenters. The molecule has 1 saturated heterocycles. The number of carbonyl (C=O) groups excluding carboxylic acids is 2. The van der Waals surface area contributed by atoms with E-state index in [1.165, 1.54) is 11.3 Å².